The molecule has 20 heavy (non-hydrogen) atoms. The molecule has 1 N–H and O–H groups in total. The van der Waals surface area contributed by atoms with Crippen LogP contribution in [0.2, 0.25) is 0 Å². The lowest BCUT2D eigenvalue weighted by Crippen LogP contribution is -2.12. The first-order valence-corrected chi connectivity index (χ1v) is 7.58. The van der Waals surface area contributed by atoms with Gasteiger partial charge in [-0.1, -0.05) is 12.1 Å². The van der Waals surface area contributed by atoms with Crippen molar-refractivity contribution in [1.82, 2.24) is 0 Å². The lowest BCUT2D eigenvalue weighted by Gasteiger charge is -2.18. The molecule has 1 aliphatic rings. The molecule has 5 heteroatoms. The third-order valence-corrected chi connectivity index (χ3v) is 4.56. The van der Waals surface area contributed by atoms with E-state index in [9.17, 15) is 10.1 Å². The van der Waals surface area contributed by atoms with E-state index < -0.39 is 0 Å². The molecule has 1 fully saturated rings. The molecule has 1 aromatic heterocycles. The Balaban J connectivity index is 1.92. The number of rotatable bonds is 5. The number of nitro benzene ring substituents is 1. The standard InChI is InChI=1S/C15H16N2O2S/c1-10-4-7-13(17(18)19)12(9-10)16-15(11-5-6-11)14-3-2-8-20-14/h2-4,7-9,11,15-16H,5-6H2,1H3. The summed E-state index contributed by atoms with van der Waals surface area (Å²) in [5, 5.41) is 16.6. The molecule has 0 aliphatic heterocycles. The van der Waals surface area contributed by atoms with Crippen LogP contribution < -0.4 is 5.32 Å². The maximum Gasteiger partial charge on any atom is 0.292 e. The van der Waals surface area contributed by atoms with Gasteiger partial charge in [-0.25, -0.2) is 0 Å². The number of anilines is 1. The average molecular weight is 288 g/mol. The van der Waals surface area contributed by atoms with Crippen LogP contribution in [0, 0.1) is 23.0 Å². The number of hydrogen-bond donors (Lipinski definition) is 1. The van der Waals surface area contributed by atoms with Gasteiger partial charge in [-0.3, -0.25) is 10.1 Å². The summed E-state index contributed by atoms with van der Waals surface area (Å²) >= 11 is 1.70. The zero-order valence-corrected chi connectivity index (χ0v) is 12.0. The predicted molar refractivity (Wildman–Crippen MR) is 81.2 cm³/mol. The highest BCUT2D eigenvalue weighted by atomic mass is 32.1. The Morgan fingerprint density at radius 2 is 2.20 bits per heavy atom. The van der Waals surface area contributed by atoms with Crippen LogP contribution in [0.25, 0.3) is 0 Å². The monoisotopic (exact) mass is 288 g/mol. The summed E-state index contributed by atoms with van der Waals surface area (Å²) in [6, 6.07) is 9.54. The Hall–Kier alpha value is -1.88. The first kappa shape index (κ1) is 13.1. The Kier molecular flexibility index (Phi) is 3.44. The summed E-state index contributed by atoms with van der Waals surface area (Å²) in [6.45, 7) is 1.95. The van der Waals surface area contributed by atoms with Gasteiger partial charge in [0.05, 0.1) is 11.0 Å². The second kappa shape index (κ2) is 5.25. The Morgan fingerprint density at radius 1 is 1.40 bits per heavy atom. The van der Waals surface area contributed by atoms with E-state index in [-0.39, 0.29) is 16.7 Å². The third kappa shape index (κ3) is 2.67. The molecule has 1 saturated carbocycles. The molecule has 0 radical (unpaired) electrons. The van der Waals surface area contributed by atoms with E-state index in [2.05, 4.69) is 16.8 Å². The number of aryl methyl sites for hydroxylation is 1. The molecular weight excluding hydrogens is 272 g/mol. The normalized spacial score (nSPS) is 15.8. The third-order valence-electron chi connectivity index (χ3n) is 3.60. The zero-order valence-electron chi connectivity index (χ0n) is 11.2. The highest BCUT2D eigenvalue weighted by molar-refractivity contribution is 7.10. The minimum atomic E-state index is -0.319. The van der Waals surface area contributed by atoms with Crippen LogP contribution in [0.3, 0.4) is 0 Å². The summed E-state index contributed by atoms with van der Waals surface area (Å²) in [6.07, 6.45) is 2.38. The van der Waals surface area contributed by atoms with Gasteiger partial charge in [0, 0.05) is 10.9 Å². The van der Waals surface area contributed by atoms with E-state index in [0.717, 1.165) is 5.56 Å². The first-order chi connectivity index (χ1) is 9.65. The number of nitro groups is 1. The SMILES string of the molecule is Cc1ccc([N+](=O)[O-])c(NC(c2cccs2)C2CC2)c1. The van der Waals surface area contributed by atoms with Crippen LogP contribution >= 0.6 is 11.3 Å². The quantitative estimate of drug-likeness (QED) is 0.649. The van der Waals surface area contributed by atoms with Gasteiger partial charge in [0.15, 0.2) is 0 Å². The molecule has 1 heterocycles. The van der Waals surface area contributed by atoms with Crippen molar-refractivity contribution in [3.63, 3.8) is 0 Å². The smallest absolute Gasteiger partial charge is 0.292 e. The van der Waals surface area contributed by atoms with Crippen molar-refractivity contribution in [2.75, 3.05) is 5.32 Å². The van der Waals surface area contributed by atoms with Crippen molar-refractivity contribution >= 4 is 22.7 Å². The fourth-order valence-electron chi connectivity index (χ4n) is 2.41. The van der Waals surface area contributed by atoms with E-state index in [0.29, 0.717) is 11.6 Å². The fourth-order valence-corrected chi connectivity index (χ4v) is 3.28. The minimum Gasteiger partial charge on any atom is -0.372 e. The topological polar surface area (TPSA) is 55.2 Å². The number of nitrogens with one attached hydrogen (secondary N) is 1. The van der Waals surface area contributed by atoms with Gasteiger partial charge in [0.1, 0.15) is 5.69 Å². The van der Waals surface area contributed by atoms with Crippen molar-refractivity contribution in [2.24, 2.45) is 5.92 Å². The lowest BCUT2D eigenvalue weighted by molar-refractivity contribution is -0.384. The Bertz CT molecular complexity index is 621. The molecule has 4 nitrogen and oxygen atoms in total. The van der Waals surface area contributed by atoms with E-state index in [1.165, 1.54) is 17.7 Å². The van der Waals surface area contributed by atoms with Crippen LogP contribution in [-0.2, 0) is 0 Å². The molecule has 1 unspecified atom stereocenters. The molecule has 2 aromatic rings. The van der Waals surface area contributed by atoms with E-state index in [4.69, 9.17) is 0 Å². The van der Waals surface area contributed by atoms with E-state index in [1.807, 2.05) is 19.1 Å². The minimum absolute atomic E-state index is 0.151. The highest BCUT2D eigenvalue weighted by Crippen LogP contribution is 2.45. The van der Waals surface area contributed by atoms with Gasteiger partial charge >= 0.3 is 0 Å². The molecule has 1 aliphatic carbocycles. The molecule has 0 bridgehead atoms. The number of hydrogen-bond acceptors (Lipinski definition) is 4. The van der Waals surface area contributed by atoms with Crippen LogP contribution in [0.15, 0.2) is 35.7 Å². The van der Waals surface area contributed by atoms with Crippen LogP contribution in [0.1, 0.15) is 29.3 Å². The Morgan fingerprint density at radius 3 is 2.80 bits per heavy atom. The molecule has 0 amide bonds. The van der Waals surface area contributed by atoms with Crippen molar-refractivity contribution < 1.29 is 4.92 Å². The first-order valence-electron chi connectivity index (χ1n) is 6.70. The summed E-state index contributed by atoms with van der Waals surface area (Å²) in [4.78, 5) is 12.1. The maximum absolute atomic E-state index is 11.2. The number of benzene rings is 1. The molecule has 1 atom stereocenters. The molecule has 0 spiro atoms. The largest absolute Gasteiger partial charge is 0.372 e. The molecule has 3 rings (SSSR count). The van der Waals surface area contributed by atoms with Crippen molar-refractivity contribution in [3.05, 3.63) is 56.3 Å². The van der Waals surface area contributed by atoms with Crippen molar-refractivity contribution in [2.45, 2.75) is 25.8 Å². The molecule has 1 aromatic carbocycles. The van der Waals surface area contributed by atoms with E-state index >= 15 is 0 Å². The Labute approximate surface area is 121 Å². The second-order valence-corrected chi connectivity index (χ2v) is 6.23. The predicted octanol–water partition coefficient (Wildman–Crippen LogP) is 4.53. The van der Waals surface area contributed by atoms with Gasteiger partial charge in [-0.15, -0.1) is 11.3 Å². The molecule has 0 saturated heterocycles. The summed E-state index contributed by atoms with van der Waals surface area (Å²) in [7, 11) is 0. The summed E-state index contributed by atoms with van der Waals surface area (Å²) in [5.41, 5.74) is 1.80. The fraction of sp³-hybridized carbons (Fsp3) is 0.333. The lowest BCUT2D eigenvalue weighted by atomic mass is 10.1. The average Bonchev–Trinajstić information content (AvgIpc) is 3.10. The van der Waals surface area contributed by atoms with Gasteiger partial charge in [0.25, 0.3) is 5.69 Å². The van der Waals surface area contributed by atoms with Crippen LogP contribution in [0.5, 0.6) is 0 Å². The van der Waals surface area contributed by atoms with Gasteiger partial charge in [0.2, 0.25) is 0 Å². The second-order valence-electron chi connectivity index (χ2n) is 5.25. The highest BCUT2D eigenvalue weighted by Gasteiger charge is 2.34. The number of nitrogens with zero attached hydrogens (tertiary/aromatic N) is 1. The van der Waals surface area contributed by atoms with Crippen molar-refractivity contribution in [1.29, 1.82) is 0 Å². The van der Waals surface area contributed by atoms with Crippen LogP contribution in [0.4, 0.5) is 11.4 Å². The number of thiophene rings is 1. The van der Waals surface area contributed by atoms with Gasteiger partial charge in [-0.2, -0.15) is 0 Å². The summed E-state index contributed by atoms with van der Waals surface area (Å²) in [5.74, 6) is 0.591. The van der Waals surface area contributed by atoms with Gasteiger partial charge in [-0.05, 0) is 48.8 Å². The van der Waals surface area contributed by atoms with E-state index in [1.54, 1.807) is 23.5 Å². The maximum atomic E-state index is 11.2. The summed E-state index contributed by atoms with van der Waals surface area (Å²) < 4.78 is 0. The van der Waals surface area contributed by atoms with Crippen molar-refractivity contribution in [3.8, 4) is 0 Å². The zero-order chi connectivity index (χ0) is 14.1. The molecular formula is C15H16N2O2S. The van der Waals surface area contributed by atoms with Crippen LogP contribution in [-0.4, -0.2) is 4.92 Å². The molecule has 104 valence electrons. The van der Waals surface area contributed by atoms with Gasteiger partial charge < -0.3 is 5.32 Å².